The lowest BCUT2D eigenvalue weighted by atomic mass is 10.2. The molecule has 0 fully saturated rings. The lowest BCUT2D eigenvalue weighted by Crippen LogP contribution is -1.98. The lowest BCUT2D eigenvalue weighted by Gasteiger charge is -2.04. The Kier molecular flexibility index (Phi) is 2.78. The van der Waals surface area contributed by atoms with E-state index in [0.717, 1.165) is 27.5 Å². The number of nitrogens with two attached hydrogens (primary N) is 1. The molecule has 0 atom stereocenters. The van der Waals surface area contributed by atoms with Crippen molar-refractivity contribution in [1.29, 1.82) is 0 Å². The zero-order valence-corrected chi connectivity index (χ0v) is 10.4. The van der Waals surface area contributed by atoms with Gasteiger partial charge in [0.05, 0.1) is 11.7 Å². The first-order chi connectivity index (χ1) is 8.78. The molecule has 0 aliphatic carbocycles. The van der Waals surface area contributed by atoms with Gasteiger partial charge in [0.1, 0.15) is 5.82 Å². The predicted octanol–water partition coefficient (Wildman–Crippen LogP) is 3.11. The van der Waals surface area contributed by atoms with Crippen LogP contribution in [0.25, 0.3) is 16.9 Å². The third kappa shape index (κ3) is 1.88. The van der Waals surface area contributed by atoms with E-state index in [1.54, 1.807) is 0 Å². The summed E-state index contributed by atoms with van der Waals surface area (Å²) in [6.45, 7) is 0.522. The number of aromatic nitrogens is 2. The minimum atomic E-state index is 0.522. The number of benzene rings is 1. The van der Waals surface area contributed by atoms with Crippen LogP contribution in [-0.2, 0) is 6.54 Å². The van der Waals surface area contributed by atoms with Gasteiger partial charge in [-0.3, -0.25) is 4.40 Å². The Labute approximate surface area is 110 Å². The quantitative estimate of drug-likeness (QED) is 0.767. The number of hydrogen-bond acceptors (Lipinski definition) is 2. The van der Waals surface area contributed by atoms with Gasteiger partial charge in [-0.2, -0.15) is 0 Å². The monoisotopic (exact) mass is 257 g/mol. The summed E-state index contributed by atoms with van der Waals surface area (Å²) in [6.07, 6.45) is 3.87. The number of pyridine rings is 1. The van der Waals surface area contributed by atoms with E-state index in [-0.39, 0.29) is 0 Å². The van der Waals surface area contributed by atoms with Gasteiger partial charge in [-0.1, -0.05) is 17.7 Å². The number of rotatable bonds is 2. The molecule has 3 nitrogen and oxygen atoms in total. The summed E-state index contributed by atoms with van der Waals surface area (Å²) < 4.78 is 2.05. The molecule has 0 bridgehead atoms. The highest BCUT2D eigenvalue weighted by atomic mass is 35.5. The lowest BCUT2D eigenvalue weighted by molar-refractivity contribution is 1.03. The maximum Gasteiger partial charge on any atom is 0.144 e. The van der Waals surface area contributed by atoms with Crippen LogP contribution >= 0.6 is 11.6 Å². The fourth-order valence-electron chi connectivity index (χ4n) is 1.97. The van der Waals surface area contributed by atoms with Crippen molar-refractivity contribution >= 4 is 17.1 Å². The zero-order chi connectivity index (χ0) is 12.5. The third-order valence-electron chi connectivity index (χ3n) is 2.93. The average molecular weight is 258 g/mol. The van der Waals surface area contributed by atoms with Gasteiger partial charge in [0.2, 0.25) is 0 Å². The molecule has 0 saturated heterocycles. The topological polar surface area (TPSA) is 43.3 Å². The van der Waals surface area contributed by atoms with E-state index < -0.39 is 0 Å². The molecule has 2 heterocycles. The maximum atomic E-state index is 5.90. The molecule has 1 aromatic carbocycles. The zero-order valence-electron chi connectivity index (χ0n) is 9.68. The largest absolute Gasteiger partial charge is 0.326 e. The normalized spacial score (nSPS) is 11.0. The van der Waals surface area contributed by atoms with E-state index in [4.69, 9.17) is 17.3 Å². The number of hydrogen-bond donors (Lipinski definition) is 1. The molecule has 18 heavy (non-hydrogen) atoms. The van der Waals surface area contributed by atoms with Crippen LogP contribution in [0.4, 0.5) is 0 Å². The van der Waals surface area contributed by atoms with Gasteiger partial charge in [-0.25, -0.2) is 4.98 Å². The summed E-state index contributed by atoms with van der Waals surface area (Å²) in [6, 6.07) is 11.7. The first-order valence-electron chi connectivity index (χ1n) is 5.70. The van der Waals surface area contributed by atoms with Crippen LogP contribution in [0.2, 0.25) is 5.02 Å². The maximum absolute atomic E-state index is 5.90. The summed E-state index contributed by atoms with van der Waals surface area (Å²) >= 11 is 5.90. The summed E-state index contributed by atoms with van der Waals surface area (Å²) in [5.74, 6) is 0.900. The second-order valence-electron chi connectivity index (χ2n) is 4.13. The van der Waals surface area contributed by atoms with Crippen molar-refractivity contribution in [2.45, 2.75) is 6.54 Å². The van der Waals surface area contributed by atoms with Crippen LogP contribution in [0.1, 0.15) is 5.56 Å². The van der Waals surface area contributed by atoms with Gasteiger partial charge >= 0.3 is 0 Å². The van der Waals surface area contributed by atoms with E-state index in [1.807, 2.05) is 53.2 Å². The van der Waals surface area contributed by atoms with E-state index in [0.29, 0.717) is 6.54 Å². The molecule has 0 aliphatic rings. The number of halogens is 1. The van der Waals surface area contributed by atoms with E-state index in [1.165, 1.54) is 0 Å². The molecule has 0 aliphatic heterocycles. The van der Waals surface area contributed by atoms with Gasteiger partial charge in [0.15, 0.2) is 0 Å². The van der Waals surface area contributed by atoms with E-state index >= 15 is 0 Å². The van der Waals surface area contributed by atoms with Crippen molar-refractivity contribution in [1.82, 2.24) is 9.38 Å². The van der Waals surface area contributed by atoms with Crippen molar-refractivity contribution in [2.24, 2.45) is 5.73 Å². The second kappa shape index (κ2) is 4.44. The van der Waals surface area contributed by atoms with E-state index in [2.05, 4.69) is 4.98 Å². The van der Waals surface area contributed by atoms with Crippen molar-refractivity contribution in [3.05, 3.63) is 59.4 Å². The van der Waals surface area contributed by atoms with Crippen molar-refractivity contribution in [3.8, 4) is 11.4 Å². The van der Waals surface area contributed by atoms with Gasteiger partial charge in [-0.05, 0) is 35.9 Å². The first-order valence-corrected chi connectivity index (χ1v) is 6.08. The predicted molar refractivity (Wildman–Crippen MR) is 73.5 cm³/mol. The molecule has 3 aromatic rings. The molecule has 0 radical (unpaired) electrons. The fourth-order valence-corrected chi connectivity index (χ4v) is 2.09. The number of fused-ring (bicyclic) bond motifs is 1. The summed E-state index contributed by atoms with van der Waals surface area (Å²) in [4.78, 5) is 4.45. The molecule has 3 rings (SSSR count). The number of imidazole rings is 1. The van der Waals surface area contributed by atoms with Crippen LogP contribution in [0, 0.1) is 0 Å². The molecular weight excluding hydrogens is 246 g/mol. The Morgan fingerprint density at radius 2 is 1.89 bits per heavy atom. The summed E-state index contributed by atoms with van der Waals surface area (Å²) in [5, 5.41) is 0.724. The summed E-state index contributed by atoms with van der Waals surface area (Å²) in [7, 11) is 0. The average Bonchev–Trinajstić information content (AvgIpc) is 2.82. The Hall–Kier alpha value is -1.84. The van der Waals surface area contributed by atoms with Gasteiger partial charge in [0.25, 0.3) is 0 Å². The van der Waals surface area contributed by atoms with Gasteiger partial charge in [-0.15, -0.1) is 0 Å². The Morgan fingerprint density at radius 1 is 1.11 bits per heavy atom. The molecule has 4 heteroatoms. The smallest absolute Gasteiger partial charge is 0.144 e. The minimum absolute atomic E-state index is 0.522. The van der Waals surface area contributed by atoms with Gasteiger partial charge in [0, 0.05) is 23.3 Å². The van der Waals surface area contributed by atoms with Crippen LogP contribution < -0.4 is 5.73 Å². The molecule has 2 aromatic heterocycles. The standard InChI is InChI=1S/C14H12ClN3/c15-12-4-2-11(3-5-12)14-17-8-13-6-1-10(7-16)9-18(13)14/h1-6,8-9H,7,16H2. The molecule has 0 amide bonds. The number of nitrogens with zero attached hydrogens (tertiary/aromatic N) is 2. The second-order valence-corrected chi connectivity index (χ2v) is 4.56. The molecule has 2 N–H and O–H groups in total. The van der Waals surface area contributed by atoms with Crippen LogP contribution in [-0.4, -0.2) is 9.38 Å². The first kappa shape index (κ1) is 11.3. The Morgan fingerprint density at radius 3 is 2.61 bits per heavy atom. The molecule has 0 unspecified atom stereocenters. The van der Waals surface area contributed by atoms with Crippen LogP contribution in [0.15, 0.2) is 48.8 Å². The highest BCUT2D eigenvalue weighted by molar-refractivity contribution is 6.30. The fraction of sp³-hybridized carbons (Fsp3) is 0.0714. The highest BCUT2D eigenvalue weighted by Gasteiger charge is 2.06. The van der Waals surface area contributed by atoms with Crippen molar-refractivity contribution in [3.63, 3.8) is 0 Å². The van der Waals surface area contributed by atoms with E-state index in [9.17, 15) is 0 Å². The molecular formula is C14H12ClN3. The van der Waals surface area contributed by atoms with Crippen molar-refractivity contribution in [2.75, 3.05) is 0 Å². The summed E-state index contributed by atoms with van der Waals surface area (Å²) in [5.41, 5.74) is 8.84. The molecule has 90 valence electrons. The minimum Gasteiger partial charge on any atom is -0.326 e. The van der Waals surface area contributed by atoms with Crippen LogP contribution in [0.5, 0.6) is 0 Å². The molecule has 0 saturated carbocycles. The highest BCUT2D eigenvalue weighted by Crippen LogP contribution is 2.22. The Balaban J connectivity index is 2.19. The third-order valence-corrected chi connectivity index (χ3v) is 3.18. The van der Waals surface area contributed by atoms with Crippen LogP contribution in [0.3, 0.4) is 0 Å². The van der Waals surface area contributed by atoms with Crippen molar-refractivity contribution < 1.29 is 0 Å². The van der Waals surface area contributed by atoms with Gasteiger partial charge < -0.3 is 5.73 Å². The Bertz CT molecular complexity index is 686. The molecule has 0 spiro atoms. The SMILES string of the molecule is NCc1ccc2cnc(-c3ccc(Cl)cc3)n2c1.